The molecular formula is C17H29F3N4O. The van der Waals surface area contributed by atoms with Gasteiger partial charge in [0.05, 0.1) is 0 Å². The highest BCUT2D eigenvalue weighted by molar-refractivity contribution is 5.81. The molecule has 0 radical (unpaired) electrons. The molecule has 1 aliphatic carbocycles. The number of guanidine groups is 1. The van der Waals surface area contributed by atoms with E-state index < -0.39 is 12.6 Å². The largest absolute Gasteiger partial charge is 0.389 e. The fourth-order valence-corrected chi connectivity index (χ4v) is 3.55. The molecule has 2 N–H and O–H groups in total. The second-order valence-electron chi connectivity index (χ2n) is 6.97. The van der Waals surface area contributed by atoms with Crippen molar-refractivity contribution < 1.29 is 18.0 Å². The lowest BCUT2D eigenvalue weighted by Gasteiger charge is -2.21. The Labute approximate surface area is 147 Å². The van der Waals surface area contributed by atoms with Crippen molar-refractivity contribution >= 4 is 11.9 Å². The number of aliphatic imine (C=N–C) groups is 1. The van der Waals surface area contributed by atoms with E-state index in [4.69, 9.17) is 0 Å². The molecule has 1 unspecified atom stereocenters. The van der Waals surface area contributed by atoms with Gasteiger partial charge in [-0.2, -0.15) is 13.2 Å². The van der Waals surface area contributed by atoms with E-state index in [1.165, 1.54) is 0 Å². The highest BCUT2D eigenvalue weighted by Gasteiger charge is 2.32. The summed E-state index contributed by atoms with van der Waals surface area (Å²) >= 11 is 0. The van der Waals surface area contributed by atoms with Gasteiger partial charge in [-0.1, -0.05) is 12.8 Å². The minimum Gasteiger partial charge on any atom is -0.356 e. The second kappa shape index (κ2) is 9.29. The Morgan fingerprint density at radius 1 is 1.20 bits per heavy atom. The monoisotopic (exact) mass is 362 g/mol. The fraction of sp³-hybridized carbons (Fsp3) is 0.882. The molecule has 2 rings (SSSR count). The van der Waals surface area contributed by atoms with Crippen LogP contribution < -0.4 is 10.6 Å². The average Bonchev–Trinajstić information content (AvgIpc) is 3.23. The first-order chi connectivity index (χ1) is 11.9. The predicted octanol–water partition coefficient (Wildman–Crippen LogP) is 2.68. The van der Waals surface area contributed by atoms with E-state index in [9.17, 15) is 18.0 Å². The zero-order chi connectivity index (χ0) is 18.3. The molecule has 2 aliphatic rings. The number of hydrogen-bond donors (Lipinski definition) is 2. The van der Waals surface area contributed by atoms with Crippen molar-refractivity contribution in [3.8, 4) is 0 Å². The highest BCUT2D eigenvalue weighted by Crippen LogP contribution is 2.27. The SMILES string of the molecule is CN=C(NCCCCC(F)(F)F)NC1CCN(C(=O)C2CCCC2)C1. The van der Waals surface area contributed by atoms with E-state index in [1.807, 2.05) is 4.90 Å². The second-order valence-corrected chi connectivity index (χ2v) is 6.97. The maximum atomic E-state index is 12.4. The van der Waals surface area contributed by atoms with E-state index in [0.29, 0.717) is 25.5 Å². The van der Waals surface area contributed by atoms with Gasteiger partial charge in [0.25, 0.3) is 0 Å². The van der Waals surface area contributed by atoms with Crippen molar-refractivity contribution in [1.82, 2.24) is 15.5 Å². The minimum absolute atomic E-state index is 0.112. The lowest BCUT2D eigenvalue weighted by Crippen LogP contribution is -2.45. The van der Waals surface area contributed by atoms with E-state index in [2.05, 4.69) is 15.6 Å². The van der Waals surface area contributed by atoms with Crippen LogP contribution in [0.15, 0.2) is 4.99 Å². The van der Waals surface area contributed by atoms with Gasteiger partial charge in [-0.05, 0) is 32.1 Å². The van der Waals surface area contributed by atoms with Crippen LogP contribution in [0.5, 0.6) is 0 Å². The van der Waals surface area contributed by atoms with Crippen LogP contribution in [0.25, 0.3) is 0 Å². The molecule has 1 amide bonds. The van der Waals surface area contributed by atoms with Crippen molar-refractivity contribution in [2.45, 2.75) is 63.6 Å². The highest BCUT2D eigenvalue weighted by atomic mass is 19.4. The van der Waals surface area contributed by atoms with Crippen LogP contribution in [0.3, 0.4) is 0 Å². The van der Waals surface area contributed by atoms with E-state index in [-0.39, 0.29) is 24.3 Å². The third-order valence-electron chi connectivity index (χ3n) is 4.95. The molecule has 0 aromatic carbocycles. The van der Waals surface area contributed by atoms with Crippen LogP contribution in [-0.4, -0.2) is 55.7 Å². The van der Waals surface area contributed by atoms with Gasteiger partial charge in [-0.15, -0.1) is 0 Å². The number of halogens is 3. The first kappa shape index (κ1) is 19.8. The van der Waals surface area contributed by atoms with Gasteiger partial charge in [0.15, 0.2) is 5.96 Å². The molecule has 0 aromatic heterocycles. The van der Waals surface area contributed by atoms with E-state index in [1.54, 1.807) is 7.05 Å². The Kier molecular flexibility index (Phi) is 7.38. The summed E-state index contributed by atoms with van der Waals surface area (Å²) in [6, 6.07) is 0.145. The summed E-state index contributed by atoms with van der Waals surface area (Å²) in [4.78, 5) is 18.5. The minimum atomic E-state index is -4.08. The topological polar surface area (TPSA) is 56.7 Å². The quantitative estimate of drug-likeness (QED) is 0.434. The number of unbranched alkanes of at least 4 members (excludes halogenated alkanes) is 1. The summed E-state index contributed by atoms with van der Waals surface area (Å²) in [5.74, 6) is 1.06. The zero-order valence-electron chi connectivity index (χ0n) is 14.9. The Morgan fingerprint density at radius 2 is 1.92 bits per heavy atom. The molecule has 25 heavy (non-hydrogen) atoms. The van der Waals surface area contributed by atoms with Crippen LogP contribution >= 0.6 is 0 Å². The summed E-state index contributed by atoms with van der Waals surface area (Å²) in [5, 5.41) is 6.32. The van der Waals surface area contributed by atoms with Crippen LogP contribution in [0.1, 0.15) is 51.4 Å². The van der Waals surface area contributed by atoms with Crippen LogP contribution in [-0.2, 0) is 4.79 Å². The first-order valence-electron chi connectivity index (χ1n) is 9.22. The van der Waals surface area contributed by atoms with Crippen molar-refractivity contribution in [1.29, 1.82) is 0 Å². The molecule has 0 bridgehead atoms. The van der Waals surface area contributed by atoms with Crippen LogP contribution in [0.4, 0.5) is 13.2 Å². The summed E-state index contributed by atoms with van der Waals surface area (Å²) in [6.45, 7) is 1.88. The van der Waals surface area contributed by atoms with Gasteiger partial charge < -0.3 is 15.5 Å². The maximum absolute atomic E-state index is 12.4. The molecule has 0 spiro atoms. The number of carbonyl (C=O) groups is 1. The van der Waals surface area contributed by atoms with Crippen molar-refractivity contribution in [2.24, 2.45) is 10.9 Å². The molecule has 0 aromatic rings. The number of rotatable bonds is 6. The third-order valence-corrected chi connectivity index (χ3v) is 4.95. The number of hydrogen-bond acceptors (Lipinski definition) is 2. The Hall–Kier alpha value is -1.47. The van der Waals surface area contributed by atoms with Gasteiger partial charge >= 0.3 is 6.18 Å². The van der Waals surface area contributed by atoms with Crippen molar-refractivity contribution in [2.75, 3.05) is 26.7 Å². The molecule has 144 valence electrons. The number of amides is 1. The van der Waals surface area contributed by atoms with Gasteiger partial charge in [0, 0.05) is 45.1 Å². The summed E-state index contributed by atoms with van der Waals surface area (Å²) < 4.78 is 36.3. The Morgan fingerprint density at radius 3 is 2.56 bits per heavy atom. The number of alkyl halides is 3. The molecule has 1 atom stereocenters. The molecule has 8 heteroatoms. The Balaban J connectivity index is 1.65. The molecule has 2 fully saturated rings. The van der Waals surface area contributed by atoms with Gasteiger partial charge in [0.1, 0.15) is 0 Å². The lowest BCUT2D eigenvalue weighted by molar-refractivity contribution is -0.136. The van der Waals surface area contributed by atoms with E-state index in [0.717, 1.165) is 38.6 Å². The maximum Gasteiger partial charge on any atom is 0.389 e. The van der Waals surface area contributed by atoms with Gasteiger partial charge in [-0.3, -0.25) is 9.79 Å². The summed E-state index contributed by atoms with van der Waals surface area (Å²) in [5.41, 5.74) is 0. The van der Waals surface area contributed by atoms with Gasteiger partial charge in [0.2, 0.25) is 5.91 Å². The lowest BCUT2D eigenvalue weighted by atomic mass is 10.1. The zero-order valence-corrected chi connectivity index (χ0v) is 14.9. The summed E-state index contributed by atoms with van der Waals surface area (Å²) in [7, 11) is 1.64. The normalized spacial score (nSPS) is 22.5. The first-order valence-corrected chi connectivity index (χ1v) is 9.22. The third kappa shape index (κ3) is 6.74. The van der Waals surface area contributed by atoms with Crippen molar-refractivity contribution in [3.05, 3.63) is 0 Å². The predicted molar refractivity (Wildman–Crippen MR) is 91.3 cm³/mol. The average molecular weight is 362 g/mol. The number of carbonyl (C=O) groups excluding carboxylic acids is 1. The molecule has 1 saturated carbocycles. The fourth-order valence-electron chi connectivity index (χ4n) is 3.55. The summed E-state index contributed by atoms with van der Waals surface area (Å²) in [6.07, 6.45) is 0.905. The molecule has 1 aliphatic heterocycles. The van der Waals surface area contributed by atoms with Crippen LogP contribution in [0.2, 0.25) is 0 Å². The molecule has 5 nitrogen and oxygen atoms in total. The molecular weight excluding hydrogens is 333 g/mol. The number of nitrogens with one attached hydrogen (secondary N) is 2. The van der Waals surface area contributed by atoms with Crippen LogP contribution in [0, 0.1) is 5.92 Å². The number of likely N-dealkylation sites (tertiary alicyclic amines) is 1. The smallest absolute Gasteiger partial charge is 0.356 e. The molecule has 1 heterocycles. The number of nitrogens with zero attached hydrogens (tertiary/aromatic N) is 2. The standard InChI is InChI=1S/C17H29F3N4O/c1-21-16(22-10-5-4-9-17(18,19)20)23-14-8-11-24(12-14)15(25)13-6-2-3-7-13/h13-14H,2-12H2,1H3,(H2,21,22,23). The molecule has 1 saturated heterocycles. The van der Waals surface area contributed by atoms with E-state index >= 15 is 0 Å². The van der Waals surface area contributed by atoms with Gasteiger partial charge in [-0.25, -0.2) is 0 Å². The van der Waals surface area contributed by atoms with Crippen molar-refractivity contribution in [3.63, 3.8) is 0 Å². The Bertz CT molecular complexity index is 461.